The van der Waals surface area contributed by atoms with E-state index in [1.807, 2.05) is 18.3 Å². The quantitative estimate of drug-likeness (QED) is 0.799. The van der Waals surface area contributed by atoms with Crippen LogP contribution in [-0.2, 0) is 6.54 Å². The minimum absolute atomic E-state index is 0.0858. The zero-order valence-electron chi connectivity index (χ0n) is 10.6. The topological polar surface area (TPSA) is 42.1 Å². The molecule has 0 aliphatic rings. The molecule has 0 amide bonds. The summed E-state index contributed by atoms with van der Waals surface area (Å²) in [4.78, 5) is 6.71. The van der Waals surface area contributed by atoms with Gasteiger partial charge in [0, 0.05) is 24.8 Å². The Morgan fingerprint density at radius 2 is 2.12 bits per heavy atom. The predicted octanol–water partition coefficient (Wildman–Crippen LogP) is 2.03. The van der Waals surface area contributed by atoms with E-state index in [-0.39, 0.29) is 5.54 Å². The Bertz CT molecular complexity index is 290. The summed E-state index contributed by atoms with van der Waals surface area (Å²) >= 11 is 0. The SMILES string of the molecule is CCN(CCC(C)(C)N)Cc1ccccn1. The van der Waals surface area contributed by atoms with Crippen molar-refractivity contribution in [2.75, 3.05) is 13.1 Å². The molecule has 1 heterocycles. The van der Waals surface area contributed by atoms with E-state index in [2.05, 4.69) is 36.7 Å². The minimum Gasteiger partial charge on any atom is -0.326 e. The van der Waals surface area contributed by atoms with Crippen molar-refractivity contribution < 1.29 is 0 Å². The molecule has 0 fully saturated rings. The first-order chi connectivity index (χ1) is 7.51. The van der Waals surface area contributed by atoms with E-state index < -0.39 is 0 Å². The molecule has 0 saturated heterocycles. The van der Waals surface area contributed by atoms with E-state index in [1.54, 1.807) is 0 Å². The minimum atomic E-state index is -0.0858. The van der Waals surface area contributed by atoms with Gasteiger partial charge in [0.15, 0.2) is 0 Å². The average molecular weight is 221 g/mol. The molecule has 0 aromatic carbocycles. The van der Waals surface area contributed by atoms with E-state index in [4.69, 9.17) is 5.73 Å². The van der Waals surface area contributed by atoms with Crippen molar-refractivity contribution in [2.45, 2.75) is 39.3 Å². The van der Waals surface area contributed by atoms with Gasteiger partial charge >= 0.3 is 0 Å². The van der Waals surface area contributed by atoms with Crippen molar-refractivity contribution in [3.8, 4) is 0 Å². The highest BCUT2D eigenvalue weighted by atomic mass is 15.1. The van der Waals surface area contributed by atoms with Crippen molar-refractivity contribution in [2.24, 2.45) is 5.73 Å². The van der Waals surface area contributed by atoms with E-state index in [1.165, 1.54) is 0 Å². The van der Waals surface area contributed by atoms with E-state index >= 15 is 0 Å². The maximum absolute atomic E-state index is 5.99. The predicted molar refractivity (Wildman–Crippen MR) is 68.1 cm³/mol. The third-order valence-electron chi connectivity index (χ3n) is 2.63. The summed E-state index contributed by atoms with van der Waals surface area (Å²) in [5.74, 6) is 0. The molecule has 3 heteroatoms. The molecular weight excluding hydrogens is 198 g/mol. The summed E-state index contributed by atoms with van der Waals surface area (Å²) in [6.45, 7) is 9.28. The van der Waals surface area contributed by atoms with Crippen molar-refractivity contribution >= 4 is 0 Å². The fourth-order valence-corrected chi connectivity index (χ4v) is 1.52. The number of hydrogen-bond donors (Lipinski definition) is 1. The van der Waals surface area contributed by atoms with Gasteiger partial charge in [0.1, 0.15) is 0 Å². The molecule has 16 heavy (non-hydrogen) atoms. The Kier molecular flexibility index (Phi) is 4.90. The van der Waals surface area contributed by atoms with Crippen molar-refractivity contribution in [3.63, 3.8) is 0 Å². The molecule has 0 saturated carbocycles. The Morgan fingerprint density at radius 3 is 2.62 bits per heavy atom. The number of nitrogens with zero attached hydrogens (tertiary/aromatic N) is 2. The van der Waals surface area contributed by atoms with Crippen LogP contribution in [0.2, 0.25) is 0 Å². The Morgan fingerprint density at radius 1 is 1.38 bits per heavy atom. The summed E-state index contributed by atoms with van der Waals surface area (Å²) < 4.78 is 0. The number of nitrogens with two attached hydrogens (primary N) is 1. The number of aromatic nitrogens is 1. The summed E-state index contributed by atoms with van der Waals surface area (Å²) in [6, 6.07) is 6.04. The lowest BCUT2D eigenvalue weighted by atomic mass is 10.0. The van der Waals surface area contributed by atoms with Gasteiger partial charge in [-0.05, 0) is 38.9 Å². The lowest BCUT2D eigenvalue weighted by molar-refractivity contribution is 0.249. The van der Waals surface area contributed by atoms with E-state index in [9.17, 15) is 0 Å². The zero-order chi connectivity index (χ0) is 12.0. The van der Waals surface area contributed by atoms with Gasteiger partial charge in [0.05, 0.1) is 5.69 Å². The van der Waals surface area contributed by atoms with Crippen LogP contribution in [0.4, 0.5) is 0 Å². The molecule has 0 aliphatic heterocycles. The molecular formula is C13H23N3. The van der Waals surface area contributed by atoms with Gasteiger partial charge in [-0.3, -0.25) is 9.88 Å². The van der Waals surface area contributed by atoms with Crippen LogP contribution in [0.15, 0.2) is 24.4 Å². The largest absolute Gasteiger partial charge is 0.326 e. The third kappa shape index (κ3) is 5.24. The molecule has 1 aromatic rings. The average Bonchev–Trinajstić information content (AvgIpc) is 2.24. The fraction of sp³-hybridized carbons (Fsp3) is 0.615. The second-order valence-electron chi connectivity index (χ2n) is 4.93. The molecule has 0 atom stereocenters. The molecule has 2 N–H and O–H groups in total. The Hall–Kier alpha value is -0.930. The smallest absolute Gasteiger partial charge is 0.0543 e. The molecule has 3 nitrogen and oxygen atoms in total. The summed E-state index contributed by atoms with van der Waals surface area (Å²) in [5.41, 5.74) is 7.03. The third-order valence-corrected chi connectivity index (χ3v) is 2.63. The van der Waals surface area contributed by atoms with Crippen molar-refractivity contribution in [1.82, 2.24) is 9.88 Å². The second kappa shape index (κ2) is 5.97. The van der Waals surface area contributed by atoms with Crippen LogP contribution < -0.4 is 5.73 Å². The van der Waals surface area contributed by atoms with Gasteiger partial charge in [-0.25, -0.2) is 0 Å². The molecule has 0 aliphatic carbocycles. The standard InChI is InChI=1S/C13H23N3/c1-4-16(10-8-13(2,3)14)11-12-7-5-6-9-15-12/h5-7,9H,4,8,10-11,14H2,1-3H3. The second-order valence-corrected chi connectivity index (χ2v) is 4.93. The highest BCUT2D eigenvalue weighted by Gasteiger charge is 2.13. The highest BCUT2D eigenvalue weighted by molar-refractivity contribution is 5.03. The van der Waals surface area contributed by atoms with Gasteiger partial charge in [-0.2, -0.15) is 0 Å². The molecule has 0 radical (unpaired) electrons. The van der Waals surface area contributed by atoms with Crippen LogP contribution in [0.3, 0.4) is 0 Å². The molecule has 0 unspecified atom stereocenters. The first-order valence-corrected chi connectivity index (χ1v) is 5.92. The summed E-state index contributed by atoms with van der Waals surface area (Å²) in [7, 11) is 0. The lowest BCUT2D eigenvalue weighted by Crippen LogP contribution is -2.37. The number of hydrogen-bond acceptors (Lipinski definition) is 3. The van der Waals surface area contributed by atoms with Crippen LogP contribution in [0.5, 0.6) is 0 Å². The Labute approximate surface area is 98.7 Å². The first kappa shape index (κ1) is 13.1. The van der Waals surface area contributed by atoms with Crippen molar-refractivity contribution in [1.29, 1.82) is 0 Å². The van der Waals surface area contributed by atoms with Gasteiger partial charge in [-0.1, -0.05) is 13.0 Å². The molecule has 0 bridgehead atoms. The molecule has 90 valence electrons. The van der Waals surface area contributed by atoms with Gasteiger partial charge in [0.25, 0.3) is 0 Å². The summed E-state index contributed by atoms with van der Waals surface area (Å²) in [5, 5.41) is 0. The van der Waals surface area contributed by atoms with Crippen molar-refractivity contribution in [3.05, 3.63) is 30.1 Å². The first-order valence-electron chi connectivity index (χ1n) is 5.92. The van der Waals surface area contributed by atoms with Gasteiger partial charge in [-0.15, -0.1) is 0 Å². The Balaban J connectivity index is 2.44. The van der Waals surface area contributed by atoms with Crippen LogP contribution in [0, 0.1) is 0 Å². The fourth-order valence-electron chi connectivity index (χ4n) is 1.52. The summed E-state index contributed by atoms with van der Waals surface area (Å²) in [6.07, 6.45) is 2.85. The number of pyridine rings is 1. The lowest BCUT2D eigenvalue weighted by Gasteiger charge is -2.25. The van der Waals surface area contributed by atoms with Gasteiger partial charge < -0.3 is 5.73 Å². The number of rotatable bonds is 6. The van der Waals surface area contributed by atoms with E-state index in [0.717, 1.165) is 31.7 Å². The van der Waals surface area contributed by atoms with Crippen LogP contribution in [-0.4, -0.2) is 28.5 Å². The van der Waals surface area contributed by atoms with Gasteiger partial charge in [0.2, 0.25) is 0 Å². The maximum atomic E-state index is 5.99. The van der Waals surface area contributed by atoms with Crippen LogP contribution >= 0.6 is 0 Å². The monoisotopic (exact) mass is 221 g/mol. The maximum Gasteiger partial charge on any atom is 0.0543 e. The zero-order valence-corrected chi connectivity index (χ0v) is 10.6. The van der Waals surface area contributed by atoms with E-state index in [0.29, 0.717) is 0 Å². The van der Waals surface area contributed by atoms with Crippen LogP contribution in [0.25, 0.3) is 0 Å². The molecule has 0 spiro atoms. The molecule has 1 rings (SSSR count). The molecule has 1 aromatic heterocycles. The van der Waals surface area contributed by atoms with Crippen LogP contribution in [0.1, 0.15) is 32.9 Å². The normalized spacial score (nSPS) is 12.1. The highest BCUT2D eigenvalue weighted by Crippen LogP contribution is 2.07.